The van der Waals surface area contributed by atoms with E-state index in [4.69, 9.17) is 3.79 Å². The van der Waals surface area contributed by atoms with Crippen LogP contribution in [0.25, 0.3) is 0 Å². The summed E-state index contributed by atoms with van der Waals surface area (Å²) < 4.78 is 5.27. The predicted octanol–water partition coefficient (Wildman–Crippen LogP) is 7.04. The van der Waals surface area contributed by atoms with Gasteiger partial charge in [0.25, 0.3) is 5.97 Å². The lowest BCUT2D eigenvalue weighted by molar-refractivity contribution is -0.134. The summed E-state index contributed by atoms with van der Waals surface area (Å²) in [4.78, 5) is 11.4. The Bertz CT molecular complexity index is 254. The van der Waals surface area contributed by atoms with Crippen LogP contribution in [0, 0.1) is 0 Å². The minimum atomic E-state index is -1.17. The summed E-state index contributed by atoms with van der Waals surface area (Å²) in [5.74, 6) is 4.12. The van der Waals surface area contributed by atoms with Crippen LogP contribution >= 0.6 is 0 Å². The van der Waals surface area contributed by atoms with Gasteiger partial charge < -0.3 is 3.79 Å². The molecule has 0 aliphatic heterocycles. The molecule has 23 heavy (non-hydrogen) atoms. The molecule has 0 saturated heterocycles. The minimum Gasteiger partial charge on any atom is -0.616 e. The van der Waals surface area contributed by atoms with Crippen molar-refractivity contribution in [2.75, 3.05) is 0 Å². The van der Waals surface area contributed by atoms with Gasteiger partial charge in [-0.25, -0.2) is 0 Å². The minimum absolute atomic E-state index is 0.0290. The smallest absolute Gasteiger partial charge is 0.541 e. The summed E-state index contributed by atoms with van der Waals surface area (Å²) in [5, 5.41) is 0. The molecule has 0 bridgehead atoms. The first-order valence-corrected chi connectivity index (χ1v) is 13.1. The van der Waals surface area contributed by atoms with Crippen molar-refractivity contribution in [2.45, 2.75) is 121 Å². The van der Waals surface area contributed by atoms with E-state index in [9.17, 15) is 4.79 Å². The maximum absolute atomic E-state index is 11.4. The molecule has 0 aromatic rings. The number of unbranched alkanes of at least 4 members (excludes halogenated alkanes) is 14. The van der Waals surface area contributed by atoms with Crippen molar-refractivity contribution in [3.8, 4) is 0 Å². The highest BCUT2D eigenvalue weighted by Crippen LogP contribution is 2.13. The third-order valence-corrected chi connectivity index (χ3v) is 5.09. The summed E-state index contributed by atoms with van der Waals surface area (Å²) in [7, 11) is 0. The van der Waals surface area contributed by atoms with Crippen LogP contribution in [0.1, 0.15) is 110 Å². The SMILES string of the molecule is CCCCCCCCCCCCCCCCCC(=O)[O][Al]([CH3])[CH3]. The normalized spacial score (nSPS) is 10.7. The first kappa shape index (κ1) is 23.0. The Morgan fingerprint density at radius 2 is 1.00 bits per heavy atom. The van der Waals surface area contributed by atoms with E-state index >= 15 is 0 Å². The largest absolute Gasteiger partial charge is 0.616 e. The molecule has 0 aliphatic carbocycles. The van der Waals surface area contributed by atoms with Gasteiger partial charge >= 0.3 is 14.5 Å². The lowest BCUT2D eigenvalue weighted by Crippen LogP contribution is -2.14. The molecule has 0 rings (SSSR count). The highest BCUT2D eigenvalue weighted by Gasteiger charge is 2.10. The first-order valence-electron chi connectivity index (χ1n) is 10.4. The third kappa shape index (κ3) is 20.0. The fraction of sp³-hybridized carbons (Fsp3) is 0.950. The van der Waals surface area contributed by atoms with Crippen molar-refractivity contribution in [1.29, 1.82) is 0 Å². The molecule has 2 nitrogen and oxygen atoms in total. The van der Waals surface area contributed by atoms with Crippen LogP contribution < -0.4 is 0 Å². The van der Waals surface area contributed by atoms with E-state index in [2.05, 4.69) is 6.92 Å². The van der Waals surface area contributed by atoms with Crippen LogP contribution in [-0.2, 0) is 8.58 Å². The van der Waals surface area contributed by atoms with E-state index in [-0.39, 0.29) is 5.97 Å². The zero-order valence-electron chi connectivity index (χ0n) is 16.2. The van der Waals surface area contributed by atoms with Crippen LogP contribution in [-0.4, -0.2) is 20.5 Å². The number of hydrogen-bond acceptors (Lipinski definition) is 2. The van der Waals surface area contributed by atoms with Gasteiger partial charge in [-0.15, -0.1) is 0 Å². The van der Waals surface area contributed by atoms with Crippen LogP contribution in [0.5, 0.6) is 0 Å². The number of carbonyl (C=O) groups excluding carboxylic acids is 1. The lowest BCUT2D eigenvalue weighted by Gasteiger charge is -2.06. The van der Waals surface area contributed by atoms with Gasteiger partial charge in [0.15, 0.2) is 0 Å². The topological polar surface area (TPSA) is 26.3 Å². The highest BCUT2D eigenvalue weighted by molar-refractivity contribution is 6.50. The monoisotopic (exact) mass is 340 g/mol. The van der Waals surface area contributed by atoms with Gasteiger partial charge in [0, 0.05) is 6.42 Å². The number of rotatable bonds is 17. The zero-order valence-corrected chi connectivity index (χ0v) is 17.4. The molecule has 0 spiro atoms. The van der Waals surface area contributed by atoms with Crippen molar-refractivity contribution in [3.05, 3.63) is 0 Å². The first-order chi connectivity index (χ1) is 11.2. The highest BCUT2D eigenvalue weighted by atomic mass is 27.2. The second-order valence-electron chi connectivity index (χ2n) is 7.24. The molecular weight excluding hydrogens is 299 g/mol. The van der Waals surface area contributed by atoms with Crippen LogP contribution in [0.4, 0.5) is 0 Å². The van der Waals surface area contributed by atoms with Gasteiger partial charge in [-0.05, 0) is 6.42 Å². The van der Waals surface area contributed by atoms with Crippen LogP contribution in [0.3, 0.4) is 0 Å². The second kappa shape index (κ2) is 18.3. The Labute approximate surface area is 150 Å². The molecule has 0 radical (unpaired) electrons. The van der Waals surface area contributed by atoms with Crippen molar-refractivity contribution in [1.82, 2.24) is 0 Å². The predicted molar refractivity (Wildman–Crippen MR) is 103 cm³/mol. The Kier molecular flexibility index (Phi) is 18.3. The lowest BCUT2D eigenvalue weighted by atomic mass is 10.0. The molecule has 0 N–H and O–H groups in total. The number of hydrogen-bond donors (Lipinski definition) is 0. The second-order valence-corrected chi connectivity index (χ2v) is 9.57. The van der Waals surface area contributed by atoms with Gasteiger partial charge in [-0.1, -0.05) is 108 Å². The van der Waals surface area contributed by atoms with E-state index in [1.807, 2.05) is 11.6 Å². The Morgan fingerprint density at radius 1 is 0.652 bits per heavy atom. The Balaban J connectivity index is 3.06. The van der Waals surface area contributed by atoms with Gasteiger partial charge in [0.1, 0.15) is 0 Å². The van der Waals surface area contributed by atoms with E-state index in [0.29, 0.717) is 6.42 Å². The van der Waals surface area contributed by atoms with Gasteiger partial charge in [0.2, 0.25) is 0 Å². The van der Waals surface area contributed by atoms with Gasteiger partial charge in [0.05, 0.1) is 0 Å². The summed E-state index contributed by atoms with van der Waals surface area (Å²) in [6, 6.07) is 0. The molecule has 0 heterocycles. The summed E-state index contributed by atoms with van der Waals surface area (Å²) >= 11 is -1.17. The molecule has 136 valence electrons. The molecule has 0 aliphatic rings. The van der Waals surface area contributed by atoms with Crippen LogP contribution in [0.2, 0.25) is 11.6 Å². The fourth-order valence-electron chi connectivity index (χ4n) is 2.96. The third-order valence-electron chi connectivity index (χ3n) is 4.35. The molecule has 0 saturated carbocycles. The summed E-state index contributed by atoms with van der Waals surface area (Å²) in [5.41, 5.74) is 0. The average Bonchev–Trinajstić information content (AvgIpc) is 2.50. The molecule has 0 fully saturated rings. The van der Waals surface area contributed by atoms with Crippen molar-refractivity contribution in [2.24, 2.45) is 0 Å². The summed E-state index contributed by atoms with van der Waals surface area (Å²) in [6.45, 7) is 2.28. The maximum Gasteiger partial charge on any atom is 0.541 e. The van der Waals surface area contributed by atoms with E-state index in [1.54, 1.807) is 0 Å². The van der Waals surface area contributed by atoms with E-state index in [1.165, 1.54) is 89.9 Å². The van der Waals surface area contributed by atoms with E-state index < -0.39 is 14.5 Å². The maximum atomic E-state index is 11.4. The molecule has 3 heteroatoms. The molecule has 0 amide bonds. The summed E-state index contributed by atoms with van der Waals surface area (Å²) in [6.07, 6.45) is 21.0. The average molecular weight is 341 g/mol. The van der Waals surface area contributed by atoms with Crippen molar-refractivity contribution < 1.29 is 8.58 Å². The molecule has 0 aromatic heterocycles. The van der Waals surface area contributed by atoms with Crippen LogP contribution in [0.15, 0.2) is 0 Å². The zero-order chi connectivity index (χ0) is 17.2. The molecule has 0 atom stereocenters. The standard InChI is InChI=1S/C18H36O2.2CH3.Al/c1-2-3-4-5-6-7-8-9-10-11-12-13-14-15-16-17-18(19)20;;;/h2-17H2,1H3,(H,19,20);2*1H3;/q;;;+1/p-1. The molecular formula is C20H41AlO2. The Hall–Kier alpha value is 0.00247. The Morgan fingerprint density at radius 3 is 1.35 bits per heavy atom. The molecule has 0 unspecified atom stereocenters. The van der Waals surface area contributed by atoms with E-state index in [0.717, 1.165) is 6.42 Å². The van der Waals surface area contributed by atoms with Crippen molar-refractivity contribution >= 4 is 20.5 Å². The van der Waals surface area contributed by atoms with Gasteiger partial charge in [-0.2, -0.15) is 0 Å². The number of carbonyl (C=O) groups is 1. The van der Waals surface area contributed by atoms with Crippen molar-refractivity contribution in [3.63, 3.8) is 0 Å². The quantitative estimate of drug-likeness (QED) is 0.209. The fourth-order valence-corrected chi connectivity index (χ4v) is 3.61. The molecule has 0 aromatic carbocycles. The van der Waals surface area contributed by atoms with Gasteiger partial charge in [-0.3, -0.25) is 4.79 Å².